The number of thiophene rings is 1. The molecule has 1 atom stereocenters. The van der Waals surface area contributed by atoms with Gasteiger partial charge in [-0.25, -0.2) is 0 Å². The number of furan rings is 1. The van der Waals surface area contributed by atoms with Crippen LogP contribution < -0.4 is 5.32 Å². The fourth-order valence-corrected chi connectivity index (χ4v) is 2.04. The highest BCUT2D eigenvalue weighted by Gasteiger charge is 2.07. The first-order valence-electron chi connectivity index (χ1n) is 4.79. The largest absolute Gasteiger partial charge is 0.472 e. The minimum absolute atomic E-state index is 0.420. The van der Waals surface area contributed by atoms with Crippen molar-refractivity contribution in [2.45, 2.75) is 12.6 Å². The Bertz CT molecular complexity index is 369. The standard InChI is InChI=1S/C11H13NO2S/c13-10(11-2-1-5-15-11)7-12-6-9-3-4-14-8-9/h1-5,8,10,12-13H,6-7H2. The van der Waals surface area contributed by atoms with Crippen molar-refractivity contribution in [2.24, 2.45) is 0 Å². The molecule has 2 rings (SSSR count). The molecule has 0 aliphatic heterocycles. The van der Waals surface area contributed by atoms with E-state index in [1.807, 2.05) is 23.6 Å². The summed E-state index contributed by atoms with van der Waals surface area (Å²) in [7, 11) is 0. The van der Waals surface area contributed by atoms with Crippen LogP contribution in [0.15, 0.2) is 40.5 Å². The van der Waals surface area contributed by atoms with Gasteiger partial charge >= 0.3 is 0 Å². The van der Waals surface area contributed by atoms with Gasteiger partial charge in [0, 0.05) is 23.5 Å². The quantitative estimate of drug-likeness (QED) is 0.816. The van der Waals surface area contributed by atoms with E-state index in [1.165, 1.54) is 0 Å². The third kappa shape index (κ3) is 2.92. The second-order valence-corrected chi connectivity index (χ2v) is 4.27. The molecule has 0 saturated heterocycles. The second-order valence-electron chi connectivity index (χ2n) is 3.29. The smallest absolute Gasteiger partial charge is 0.101 e. The first-order chi connectivity index (χ1) is 7.36. The van der Waals surface area contributed by atoms with Crippen molar-refractivity contribution >= 4 is 11.3 Å². The van der Waals surface area contributed by atoms with Crippen LogP contribution in [0.4, 0.5) is 0 Å². The van der Waals surface area contributed by atoms with Crippen molar-refractivity contribution < 1.29 is 9.52 Å². The molecule has 80 valence electrons. The van der Waals surface area contributed by atoms with Gasteiger partial charge in [0.2, 0.25) is 0 Å². The normalized spacial score (nSPS) is 12.9. The summed E-state index contributed by atoms with van der Waals surface area (Å²) in [5.41, 5.74) is 1.09. The van der Waals surface area contributed by atoms with Gasteiger partial charge < -0.3 is 14.8 Å². The Labute approximate surface area is 92.4 Å². The predicted octanol–water partition coefficient (Wildman–Crippen LogP) is 2.16. The molecule has 2 aromatic rings. The zero-order valence-electron chi connectivity index (χ0n) is 8.22. The molecule has 4 heteroatoms. The van der Waals surface area contributed by atoms with Crippen LogP contribution in [0, 0.1) is 0 Å². The van der Waals surface area contributed by atoms with Crippen LogP contribution in [0.25, 0.3) is 0 Å². The van der Waals surface area contributed by atoms with Crippen molar-refractivity contribution in [2.75, 3.05) is 6.54 Å². The first-order valence-corrected chi connectivity index (χ1v) is 5.67. The van der Waals surface area contributed by atoms with Crippen molar-refractivity contribution in [1.29, 1.82) is 0 Å². The molecule has 0 fully saturated rings. The van der Waals surface area contributed by atoms with E-state index in [0.29, 0.717) is 6.54 Å². The van der Waals surface area contributed by atoms with E-state index in [1.54, 1.807) is 23.9 Å². The Morgan fingerprint density at radius 1 is 1.47 bits per heavy atom. The first kappa shape index (κ1) is 10.4. The summed E-state index contributed by atoms with van der Waals surface area (Å²) in [4.78, 5) is 0.995. The molecule has 2 N–H and O–H groups in total. The summed E-state index contributed by atoms with van der Waals surface area (Å²) in [5.74, 6) is 0. The Morgan fingerprint density at radius 2 is 2.40 bits per heavy atom. The SMILES string of the molecule is OC(CNCc1ccoc1)c1cccs1. The summed E-state index contributed by atoms with van der Waals surface area (Å²) in [6.07, 6.45) is 2.92. The average molecular weight is 223 g/mol. The van der Waals surface area contributed by atoms with Crippen molar-refractivity contribution in [3.8, 4) is 0 Å². The van der Waals surface area contributed by atoms with Crippen molar-refractivity contribution in [3.05, 3.63) is 46.5 Å². The molecule has 0 aromatic carbocycles. The Kier molecular flexibility index (Phi) is 3.55. The van der Waals surface area contributed by atoms with Crippen molar-refractivity contribution in [1.82, 2.24) is 5.32 Å². The molecule has 0 spiro atoms. The van der Waals surface area contributed by atoms with Crippen LogP contribution in [0.3, 0.4) is 0 Å². The van der Waals surface area contributed by atoms with E-state index in [0.717, 1.165) is 17.0 Å². The highest BCUT2D eigenvalue weighted by Crippen LogP contribution is 2.17. The van der Waals surface area contributed by atoms with Gasteiger partial charge in [0.1, 0.15) is 6.10 Å². The molecule has 2 aromatic heterocycles. The van der Waals surface area contributed by atoms with Crippen LogP contribution in [0.1, 0.15) is 16.5 Å². The van der Waals surface area contributed by atoms with Crippen molar-refractivity contribution in [3.63, 3.8) is 0 Å². The van der Waals surface area contributed by atoms with Gasteiger partial charge in [0.05, 0.1) is 12.5 Å². The molecule has 0 aliphatic rings. The third-order valence-electron chi connectivity index (χ3n) is 2.12. The molecule has 0 bridgehead atoms. The van der Waals surface area contributed by atoms with E-state index in [-0.39, 0.29) is 0 Å². The summed E-state index contributed by atoms with van der Waals surface area (Å²) in [6.45, 7) is 1.28. The highest BCUT2D eigenvalue weighted by molar-refractivity contribution is 7.10. The Balaban J connectivity index is 1.74. The van der Waals surface area contributed by atoms with Gasteiger partial charge in [-0.3, -0.25) is 0 Å². The lowest BCUT2D eigenvalue weighted by molar-refractivity contribution is 0.178. The average Bonchev–Trinajstić information content (AvgIpc) is 2.90. The molecule has 15 heavy (non-hydrogen) atoms. The topological polar surface area (TPSA) is 45.4 Å². The molecule has 3 nitrogen and oxygen atoms in total. The Hall–Kier alpha value is -1.10. The number of nitrogens with one attached hydrogen (secondary N) is 1. The maximum absolute atomic E-state index is 9.76. The van der Waals surface area contributed by atoms with Gasteiger partial charge in [0.15, 0.2) is 0 Å². The summed E-state index contributed by atoms with van der Waals surface area (Å²) in [5, 5.41) is 14.9. The zero-order chi connectivity index (χ0) is 10.5. The van der Waals surface area contributed by atoms with Gasteiger partial charge in [0.25, 0.3) is 0 Å². The van der Waals surface area contributed by atoms with E-state index in [9.17, 15) is 5.11 Å². The molecular formula is C11H13NO2S. The minimum atomic E-state index is -0.420. The van der Waals surface area contributed by atoms with Crippen LogP contribution in [-0.4, -0.2) is 11.7 Å². The maximum atomic E-state index is 9.76. The maximum Gasteiger partial charge on any atom is 0.101 e. The fraction of sp³-hybridized carbons (Fsp3) is 0.273. The second kappa shape index (κ2) is 5.11. The highest BCUT2D eigenvalue weighted by atomic mass is 32.1. The van der Waals surface area contributed by atoms with E-state index < -0.39 is 6.10 Å². The van der Waals surface area contributed by atoms with Gasteiger partial charge in [-0.1, -0.05) is 6.07 Å². The summed E-state index contributed by atoms with van der Waals surface area (Å²) < 4.78 is 4.94. The summed E-state index contributed by atoms with van der Waals surface area (Å²) >= 11 is 1.57. The van der Waals surface area contributed by atoms with E-state index in [4.69, 9.17) is 4.42 Å². The number of rotatable bonds is 5. The van der Waals surface area contributed by atoms with Crippen LogP contribution in [-0.2, 0) is 6.54 Å². The molecule has 0 saturated carbocycles. The lowest BCUT2D eigenvalue weighted by Crippen LogP contribution is -2.20. The van der Waals surface area contributed by atoms with Crippen LogP contribution in [0.5, 0.6) is 0 Å². The van der Waals surface area contributed by atoms with Crippen LogP contribution >= 0.6 is 11.3 Å². The summed E-state index contributed by atoms with van der Waals surface area (Å²) in [6, 6.07) is 5.79. The molecule has 0 aliphatic carbocycles. The number of aliphatic hydroxyl groups is 1. The van der Waals surface area contributed by atoms with Gasteiger partial charge in [-0.05, 0) is 17.5 Å². The molecule has 1 unspecified atom stereocenters. The zero-order valence-corrected chi connectivity index (χ0v) is 9.04. The fourth-order valence-electron chi connectivity index (χ4n) is 1.33. The lowest BCUT2D eigenvalue weighted by Gasteiger charge is -2.08. The number of hydrogen-bond donors (Lipinski definition) is 2. The predicted molar refractivity (Wildman–Crippen MR) is 59.7 cm³/mol. The number of hydrogen-bond acceptors (Lipinski definition) is 4. The minimum Gasteiger partial charge on any atom is -0.472 e. The van der Waals surface area contributed by atoms with Crippen LogP contribution in [0.2, 0.25) is 0 Å². The van der Waals surface area contributed by atoms with Gasteiger partial charge in [-0.15, -0.1) is 11.3 Å². The molecule has 2 heterocycles. The molecule has 0 radical (unpaired) electrons. The monoisotopic (exact) mass is 223 g/mol. The lowest BCUT2D eigenvalue weighted by atomic mass is 10.3. The molecular weight excluding hydrogens is 210 g/mol. The van der Waals surface area contributed by atoms with E-state index >= 15 is 0 Å². The van der Waals surface area contributed by atoms with Gasteiger partial charge in [-0.2, -0.15) is 0 Å². The van der Waals surface area contributed by atoms with E-state index in [2.05, 4.69) is 5.32 Å². The Morgan fingerprint density at radius 3 is 3.07 bits per heavy atom. The molecule has 0 amide bonds. The third-order valence-corrected chi connectivity index (χ3v) is 3.09. The number of aliphatic hydroxyl groups excluding tert-OH is 1.